The van der Waals surface area contributed by atoms with E-state index in [2.05, 4.69) is 4.72 Å². The summed E-state index contributed by atoms with van der Waals surface area (Å²) in [6, 6.07) is 8.40. The summed E-state index contributed by atoms with van der Waals surface area (Å²) in [6.45, 7) is 4.04. The lowest BCUT2D eigenvalue weighted by Crippen LogP contribution is -2.30. The Kier molecular flexibility index (Phi) is 7.22. The fourth-order valence-corrected chi connectivity index (χ4v) is 4.91. The molecule has 0 fully saturated rings. The number of hydrogen-bond donors (Lipinski definition) is 1. The van der Waals surface area contributed by atoms with E-state index in [0.717, 1.165) is 6.26 Å². The van der Waals surface area contributed by atoms with Gasteiger partial charge in [-0.1, -0.05) is 37.0 Å². The van der Waals surface area contributed by atoms with Gasteiger partial charge in [-0.05, 0) is 30.3 Å². The Morgan fingerprint density at radius 2 is 1.61 bits per heavy atom. The maximum absolute atomic E-state index is 12.8. The maximum atomic E-state index is 12.8. The fourth-order valence-electron chi connectivity index (χ4n) is 2.42. The Hall–Kier alpha value is -1.52. The number of rotatable bonds is 8. The number of hydrogen-bond acceptors (Lipinski definition) is 5. The molecule has 0 aliphatic carbocycles. The fraction of sp³-hybridized carbons (Fsp3) is 0.294. The van der Waals surface area contributed by atoms with Crippen LogP contribution in [0.25, 0.3) is 0 Å². The largest absolute Gasteiger partial charge is 0.454 e. The smallest absolute Gasteiger partial charge is 0.243 e. The van der Waals surface area contributed by atoms with Crippen molar-refractivity contribution in [3.8, 4) is 11.5 Å². The minimum absolute atomic E-state index is 0.0112. The monoisotopic (exact) mass is 466 g/mol. The van der Waals surface area contributed by atoms with Crippen molar-refractivity contribution in [2.75, 3.05) is 24.1 Å². The normalized spacial score (nSPS) is 12.2. The molecule has 0 saturated heterocycles. The molecule has 0 amide bonds. The number of halogens is 2. The number of nitrogens with zero attached hydrogens (tertiary/aromatic N) is 1. The molecule has 0 spiro atoms. The molecule has 0 aliphatic rings. The van der Waals surface area contributed by atoms with Crippen LogP contribution in [-0.2, 0) is 20.0 Å². The third-order valence-corrected chi connectivity index (χ3v) is 6.87. The minimum Gasteiger partial charge on any atom is -0.454 e. The zero-order chi connectivity index (χ0) is 21.1. The van der Waals surface area contributed by atoms with E-state index < -0.39 is 20.0 Å². The Balaban J connectivity index is 2.58. The van der Waals surface area contributed by atoms with Gasteiger partial charge in [0, 0.05) is 24.2 Å². The lowest BCUT2D eigenvalue weighted by molar-refractivity contribution is 0.443. The highest BCUT2D eigenvalue weighted by atomic mass is 35.5. The quantitative estimate of drug-likeness (QED) is 0.629. The molecule has 28 heavy (non-hydrogen) atoms. The second kappa shape index (κ2) is 8.87. The van der Waals surface area contributed by atoms with Gasteiger partial charge < -0.3 is 4.74 Å². The van der Waals surface area contributed by atoms with Crippen LogP contribution in [0.4, 0.5) is 5.69 Å². The molecule has 1 N–H and O–H groups in total. The van der Waals surface area contributed by atoms with Crippen molar-refractivity contribution in [1.82, 2.24) is 4.31 Å². The molecule has 154 valence electrons. The first-order valence-electron chi connectivity index (χ1n) is 8.22. The molecule has 11 heteroatoms. The summed E-state index contributed by atoms with van der Waals surface area (Å²) in [4.78, 5) is -0.0321. The summed E-state index contributed by atoms with van der Waals surface area (Å²) in [5.74, 6) is 0.183. The average Bonchev–Trinajstić information content (AvgIpc) is 2.58. The molecule has 2 aromatic carbocycles. The Bertz CT molecular complexity index is 1070. The first-order chi connectivity index (χ1) is 13.0. The molecule has 2 rings (SSSR count). The first kappa shape index (κ1) is 22.8. The van der Waals surface area contributed by atoms with Gasteiger partial charge in [-0.15, -0.1) is 0 Å². The summed E-state index contributed by atoms with van der Waals surface area (Å²) in [6.07, 6.45) is 0.979. The zero-order valence-corrected chi connectivity index (χ0v) is 18.6. The van der Waals surface area contributed by atoms with Crippen LogP contribution in [-0.4, -0.2) is 40.5 Å². The summed E-state index contributed by atoms with van der Waals surface area (Å²) in [5, 5.41) is 0.583. The van der Waals surface area contributed by atoms with Crippen molar-refractivity contribution in [3.63, 3.8) is 0 Å². The molecule has 0 aromatic heterocycles. The van der Waals surface area contributed by atoms with Crippen LogP contribution in [0.1, 0.15) is 13.8 Å². The van der Waals surface area contributed by atoms with Crippen LogP contribution >= 0.6 is 23.2 Å². The van der Waals surface area contributed by atoms with Gasteiger partial charge in [-0.25, -0.2) is 16.8 Å². The van der Waals surface area contributed by atoms with Gasteiger partial charge in [0.2, 0.25) is 20.0 Å². The predicted molar refractivity (Wildman–Crippen MR) is 112 cm³/mol. The third-order valence-electron chi connectivity index (χ3n) is 3.71. The van der Waals surface area contributed by atoms with Gasteiger partial charge in [-0.2, -0.15) is 4.31 Å². The van der Waals surface area contributed by atoms with Gasteiger partial charge in [-0.3, -0.25) is 4.72 Å². The Morgan fingerprint density at radius 1 is 0.964 bits per heavy atom. The van der Waals surface area contributed by atoms with E-state index >= 15 is 0 Å². The molecule has 0 atom stereocenters. The van der Waals surface area contributed by atoms with E-state index in [1.165, 1.54) is 34.6 Å². The predicted octanol–water partition coefficient (Wildman–Crippen LogP) is 4.19. The van der Waals surface area contributed by atoms with Gasteiger partial charge in [0.1, 0.15) is 5.75 Å². The van der Waals surface area contributed by atoms with Gasteiger partial charge in [0.25, 0.3) is 0 Å². The van der Waals surface area contributed by atoms with E-state index in [0.29, 0.717) is 18.1 Å². The molecule has 7 nitrogen and oxygen atoms in total. The summed E-state index contributed by atoms with van der Waals surface area (Å²) < 4.78 is 58.2. The third kappa shape index (κ3) is 5.51. The Morgan fingerprint density at radius 3 is 2.14 bits per heavy atom. The van der Waals surface area contributed by atoms with Crippen molar-refractivity contribution in [1.29, 1.82) is 0 Å². The second-order valence-corrected chi connectivity index (χ2v) is 10.3. The van der Waals surface area contributed by atoms with Crippen molar-refractivity contribution in [2.24, 2.45) is 0 Å². The number of sulfonamides is 2. The van der Waals surface area contributed by atoms with Crippen LogP contribution in [0, 0.1) is 0 Å². The van der Waals surface area contributed by atoms with Crippen molar-refractivity contribution >= 4 is 48.9 Å². The Labute approximate surface area is 175 Å². The SMILES string of the molecule is CCN(CC)S(=O)(=O)c1ccc(NS(C)(=O)=O)c(Oc2ccc(Cl)cc2Cl)c1. The molecule has 0 heterocycles. The van der Waals surface area contributed by atoms with Crippen LogP contribution < -0.4 is 9.46 Å². The molecule has 0 radical (unpaired) electrons. The van der Waals surface area contributed by atoms with Crippen molar-refractivity contribution in [3.05, 3.63) is 46.4 Å². The second-order valence-electron chi connectivity index (χ2n) is 5.80. The number of anilines is 1. The van der Waals surface area contributed by atoms with Gasteiger partial charge in [0.15, 0.2) is 5.75 Å². The van der Waals surface area contributed by atoms with Gasteiger partial charge >= 0.3 is 0 Å². The van der Waals surface area contributed by atoms with E-state index in [9.17, 15) is 16.8 Å². The molecule has 0 unspecified atom stereocenters. The zero-order valence-electron chi connectivity index (χ0n) is 15.4. The number of ether oxygens (including phenoxy) is 1. The average molecular weight is 467 g/mol. The molecule has 0 aliphatic heterocycles. The minimum atomic E-state index is -3.77. The van der Waals surface area contributed by atoms with Crippen molar-refractivity contribution in [2.45, 2.75) is 18.7 Å². The first-order valence-corrected chi connectivity index (χ1v) is 12.3. The lowest BCUT2D eigenvalue weighted by Gasteiger charge is -2.20. The molecule has 2 aromatic rings. The van der Waals surface area contributed by atoms with Crippen LogP contribution in [0.2, 0.25) is 10.0 Å². The summed E-state index contributed by atoms with van der Waals surface area (Å²) in [5.41, 5.74) is 0.0759. The van der Waals surface area contributed by atoms with E-state index in [1.807, 2.05) is 0 Å². The van der Waals surface area contributed by atoms with Crippen LogP contribution in [0.15, 0.2) is 41.3 Å². The van der Waals surface area contributed by atoms with Crippen LogP contribution in [0.3, 0.4) is 0 Å². The van der Waals surface area contributed by atoms with Crippen molar-refractivity contribution < 1.29 is 21.6 Å². The molecule has 0 saturated carbocycles. The summed E-state index contributed by atoms with van der Waals surface area (Å²) in [7, 11) is -7.40. The maximum Gasteiger partial charge on any atom is 0.243 e. The molecule has 0 bridgehead atoms. The van der Waals surface area contributed by atoms with Gasteiger partial charge in [0.05, 0.1) is 21.9 Å². The lowest BCUT2D eigenvalue weighted by atomic mass is 10.3. The highest BCUT2D eigenvalue weighted by Crippen LogP contribution is 2.37. The highest BCUT2D eigenvalue weighted by Gasteiger charge is 2.24. The molecular weight excluding hydrogens is 447 g/mol. The van der Waals surface area contributed by atoms with E-state index in [1.54, 1.807) is 19.9 Å². The van der Waals surface area contributed by atoms with E-state index in [4.69, 9.17) is 27.9 Å². The molecular formula is C17H20Cl2N2O5S2. The summed E-state index contributed by atoms with van der Waals surface area (Å²) >= 11 is 12.0. The highest BCUT2D eigenvalue weighted by molar-refractivity contribution is 7.92. The number of benzene rings is 2. The standard InChI is InChI=1S/C17H20Cl2N2O5S2/c1-4-21(5-2)28(24,25)13-7-8-15(20-27(3,22)23)17(11-13)26-16-9-6-12(18)10-14(16)19/h6-11,20H,4-5H2,1-3H3. The van der Waals surface area contributed by atoms with E-state index in [-0.39, 0.29) is 27.1 Å². The van der Waals surface area contributed by atoms with Crippen LogP contribution in [0.5, 0.6) is 11.5 Å². The number of nitrogens with one attached hydrogen (secondary N) is 1. The topological polar surface area (TPSA) is 92.8 Å².